The van der Waals surface area contributed by atoms with E-state index in [1.807, 2.05) is 0 Å². The zero-order chi connectivity index (χ0) is 23.3. The molecule has 2 aromatic heterocycles. The van der Waals surface area contributed by atoms with E-state index in [9.17, 15) is 17.3 Å². The Labute approximate surface area is 186 Å². The number of benzene rings is 2. The van der Waals surface area contributed by atoms with Gasteiger partial charge in [-0.05, 0) is 42.8 Å². The fourth-order valence-electron chi connectivity index (χ4n) is 4.35. The molecule has 0 atom stereocenters. The Hall–Kier alpha value is -2.89. The first-order chi connectivity index (χ1) is 15.2. The van der Waals surface area contributed by atoms with Crippen LogP contribution in [0.25, 0.3) is 27.4 Å². The quantitative estimate of drug-likeness (QED) is 0.129. The maximum Gasteiger partial charge on any atom is 0.673 e. The Bertz CT molecular complexity index is 1200. The number of aryl methyl sites for hydroxylation is 3. The third-order valence-electron chi connectivity index (χ3n) is 5.42. The molecule has 1 nitrogen and oxygen atoms in total. The van der Waals surface area contributed by atoms with Crippen molar-refractivity contribution in [1.82, 2.24) is 0 Å². The molecule has 168 valence electrons. The van der Waals surface area contributed by atoms with E-state index in [2.05, 4.69) is 92.0 Å². The first kappa shape index (κ1) is 23.8. The van der Waals surface area contributed by atoms with Crippen molar-refractivity contribution in [3.63, 3.8) is 0 Å². The second-order valence-electron chi connectivity index (χ2n) is 7.98. The van der Waals surface area contributed by atoms with Crippen LogP contribution in [0.2, 0.25) is 0 Å². The molecule has 0 fully saturated rings. The number of rotatable bonds is 5. The number of nitrogens with zero attached hydrogens (tertiary/aromatic N) is 1. The Balaban J connectivity index is 0.000000523. The second kappa shape index (κ2) is 10.2. The zero-order valence-electron chi connectivity index (χ0n) is 18.7. The molecule has 2 aromatic carbocycles. The fraction of sp³-hybridized carbons (Fsp3) is 0.269. The maximum absolute atomic E-state index is 9.75. The minimum Gasteiger partial charge on any atom is -0.418 e. The van der Waals surface area contributed by atoms with Gasteiger partial charge in [-0.1, -0.05) is 68.8 Å². The van der Waals surface area contributed by atoms with Gasteiger partial charge in [-0.15, -0.1) is 0 Å². The van der Waals surface area contributed by atoms with E-state index in [-0.39, 0.29) is 0 Å². The standard InChI is InChI=1S/C26H28N.BF4/c1-4-11-22-21-15-9-10-16-23(21)26-24(20-13-7-6-8-14-20)17-19(3)18-27(26)25(22)12-5-2;2-1(3,4)5/h6-10,13-18H,4-5,11-12H2,1-3H3;/q+1;-1. The number of hydrogen-bond donors (Lipinski definition) is 0. The van der Waals surface area contributed by atoms with E-state index in [1.165, 1.54) is 50.7 Å². The van der Waals surface area contributed by atoms with Crippen LogP contribution in [-0.4, -0.2) is 7.25 Å². The van der Waals surface area contributed by atoms with Crippen LogP contribution in [0.5, 0.6) is 0 Å². The van der Waals surface area contributed by atoms with Crippen molar-refractivity contribution in [3.8, 4) is 11.1 Å². The first-order valence-electron chi connectivity index (χ1n) is 11.1. The summed E-state index contributed by atoms with van der Waals surface area (Å²) in [5, 5.41) is 2.78. The highest BCUT2D eigenvalue weighted by molar-refractivity contribution is 6.50. The summed E-state index contributed by atoms with van der Waals surface area (Å²) in [6.07, 6.45) is 6.90. The van der Waals surface area contributed by atoms with Crippen molar-refractivity contribution in [2.45, 2.75) is 46.5 Å². The minimum atomic E-state index is -6.00. The maximum atomic E-state index is 9.75. The highest BCUT2D eigenvalue weighted by Crippen LogP contribution is 2.32. The number of pyridine rings is 2. The number of aromatic nitrogens is 1. The Morgan fingerprint density at radius 1 is 0.781 bits per heavy atom. The van der Waals surface area contributed by atoms with Crippen molar-refractivity contribution < 1.29 is 21.7 Å². The van der Waals surface area contributed by atoms with Crippen molar-refractivity contribution in [3.05, 3.63) is 83.7 Å². The van der Waals surface area contributed by atoms with Gasteiger partial charge in [0.1, 0.15) is 0 Å². The molecule has 0 aliphatic heterocycles. The van der Waals surface area contributed by atoms with Crippen LogP contribution in [0.4, 0.5) is 17.3 Å². The molecular formula is C26H28BF4N. The summed E-state index contributed by atoms with van der Waals surface area (Å²) in [6.45, 7) is 6.78. The summed E-state index contributed by atoms with van der Waals surface area (Å²) in [7, 11) is -6.00. The Kier molecular flexibility index (Phi) is 7.54. The van der Waals surface area contributed by atoms with Gasteiger partial charge in [0.2, 0.25) is 5.52 Å². The molecule has 0 saturated carbocycles. The second-order valence-corrected chi connectivity index (χ2v) is 7.98. The molecule has 4 aromatic rings. The predicted octanol–water partition coefficient (Wildman–Crippen LogP) is 7.76. The summed E-state index contributed by atoms with van der Waals surface area (Å²) >= 11 is 0. The largest absolute Gasteiger partial charge is 0.673 e. The van der Waals surface area contributed by atoms with Gasteiger partial charge in [-0.3, -0.25) is 0 Å². The van der Waals surface area contributed by atoms with Crippen molar-refractivity contribution in [1.29, 1.82) is 0 Å². The topological polar surface area (TPSA) is 4.10 Å². The van der Waals surface area contributed by atoms with Gasteiger partial charge in [0.25, 0.3) is 0 Å². The lowest BCUT2D eigenvalue weighted by Crippen LogP contribution is -2.31. The number of hydrogen-bond acceptors (Lipinski definition) is 0. The van der Waals surface area contributed by atoms with E-state index in [0.717, 1.165) is 19.3 Å². The van der Waals surface area contributed by atoms with Gasteiger partial charge >= 0.3 is 7.25 Å². The molecule has 0 bridgehead atoms. The normalized spacial score (nSPS) is 11.5. The molecule has 2 heterocycles. The van der Waals surface area contributed by atoms with Gasteiger partial charge in [0.05, 0.1) is 10.9 Å². The van der Waals surface area contributed by atoms with Gasteiger partial charge in [-0.2, -0.15) is 4.40 Å². The van der Waals surface area contributed by atoms with Crippen LogP contribution in [0.15, 0.2) is 66.9 Å². The average Bonchev–Trinajstić information content (AvgIpc) is 2.75. The monoisotopic (exact) mass is 441 g/mol. The van der Waals surface area contributed by atoms with Gasteiger partial charge < -0.3 is 17.3 Å². The molecule has 6 heteroatoms. The minimum absolute atomic E-state index is 1.11. The first-order valence-corrected chi connectivity index (χ1v) is 11.1. The summed E-state index contributed by atoms with van der Waals surface area (Å²) in [5.74, 6) is 0. The van der Waals surface area contributed by atoms with E-state index in [1.54, 1.807) is 0 Å². The van der Waals surface area contributed by atoms with E-state index in [4.69, 9.17) is 0 Å². The van der Waals surface area contributed by atoms with Gasteiger partial charge in [0.15, 0.2) is 11.9 Å². The molecule has 4 rings (SSSR count). The van der Waals surface area contributed by atoms with Crippen LogP contribution in [-0.2, 0) is 12.8 Å². The fourth-order valence-corrected chi connectivity index (χ4v) is 4.35. The SMILES string of the molecule is CCCc1c(CCC)[n+]2cc(C)cc(-c3ccccc3)c2c2ccccc12.F[B-](F)(F)F. The molecular weight excluding hydrogens is 413 g/mol. The lowest BCUT2D eigenvalue weighted by molar-refractivity contribution is -0.521. The van der Waals surface area contributed by atoms with Crippen molar-refractivity contribution >= 4 is 23.5 Å². The summed E-state index contributed by atoms with van der Waals surface area (Å²) in [5.41, 5.74) is 8.26. The van der Waals surface area contributed by atoms with Gasteiger partial charge in [-0.25, -0.2) is 0 Å². The molecule has 0 N–H and O–H groups in total. The van der Waals surface area contributed by atoms with Crippen LogP contribution >= 0.6 is 0 Å². The molecule has 0 spiro atoms. The summed E-state index contributed by atoms with van der Waals surface area (Å²) in [4.78, 5) is 0. The Morgan fingerprint density at radius 2 is 1.34 bits per heavy atom. The van der Waals surface area contributed by atoms with Gasteiger partial charge in [0, 0.05) is 17.5 Å². The van der Waals surface area contributed by atoms with E-state index < -0.39 is 7.25 Å². The predicted molar refractivity (Wildman–Crippen MR) is 125 cm³/mol. The average molecular weight is 441 g/mol. The molecule has 0 unspecified atom stereocenters. The molecule has 0 aliphatic rings. The summed E-state index contributed by atoms with van der Waals surface area (Å²) in [6, 6.07) is 22.1. The van der Waals surface area contributed by atoms with Crippen molar-refractivity contribution in [2.24, 2.45) is 0 Å². The van der Waals surface area contributed by atoms with E-state index >= 15 is 0 Å². The van der Waals surface area contributed by atoms with E-state index in [0.29, 0.717) is 0 Å². The zero-order valence-corrected chi connectivity index (χ0v) is 18.7. The third kappa shape index (κ3) is 5.48. The lowest BCUT2D eigenvalue weighted by Gasteiger charge is -2.14. The van der Waals surface area contributed by atoms with Crippen LogP contribution in [0.3, 0.4) is 0 Å². The molecule has 0 radical (unpaired) electrons. The lowest BCUT2D eigenvalue weighted by atomic mass is 9.93. The molecule has 32 heavy (non-hydrogen) atoms. The Morgan fingerprint density at radius 3 is 1.94 bits per heavy atom. The van der Waals surface area contributed by atoms with Crippen LogP contribution < -0.4 is 4.40 Å². The highest BCUT2D eigenvalue weighted by atomic mass is 19.5. The van der Waals surface area contributed by atoms with Crippen molar-refractivity contribution in [2.75, 3.05) is 0 Å². The van der Waals surface area contributed by atoms with Crippen LogP contribution in [0.1, 0.15) is 43.5 Å². The molecule has 0 amide bonds. The molecule has 0 aliphatic carbocycles. The smallest absolute Gasteiger partial charge is 0.418 e. The number of fused-ring (bicyclic) bond motifs is 3. The third-order valence-corrected chi connectivity index (χ3v) is 5.42. The summed E-state index contributed by atoms with van der Waals surface area (Å²) < 4.78 is 41.5. The highest BCUT2D eigenvalue weighted by Gasteiger charge is 2.24. The molecule has 0 saturated heterocycles. The van der Waals surface area contributed by atoms with Crippen LogP contribution in [0, 0.1) is 6.92 Å². The number of halogens is 4.